The van der Waals surface area contributed by atoms with Gasteiger partial charge in [-0.15, -0.1) is 0 Å². The molecular formula is C29H33ClN2O5. The van der Waals surface area contributed by atoms with E-state index in [2.05, 4.69) is 70.5 Å². The average Bonchev–Trinajstić information content (AvgIpc) is 2.92. The first-order valence-electron chi connectivity index (χ1n) is 12.4. The highest BCUT2D eigenvalue weighted by Gasteiger charge is 2.17. The molecule has 7 nitrogen and oxygen atoms in total. The molecule has 1 fully saturated rings. The second-order valence-corrected chi connectivity index (χ2v) is 9.15. The van der Waals surface area contributed by atoms with Crippen molar-refractivity contribution in [1.82, 2.24) is 4.90 Å². The molecule has 0 bridgehead atoms. The monoisotopic (exact) mass is 524 g/mol. The van der Waals surface area contributed by atoms with Gasteiger partial charge in [0.2, 0.25) is 0 Å². The molecule has 1 saturated heterocycles. The summed E-state index contributed by atoms with van der Waals surface area (Å²) >= 11 is 6.28. The zero-order valence-corrected chi connectivity index (χ0v) is 21.5. The summed E-state index contributed by atoms with van der Waals surface area (Å²) in [6.45, 7) is 6.21. The molecule has 0 atom stereocenters. The lowest BCUT2D eigenvalue weighted by molar-refractivity contribution is -0.159. The van der Waals surface area contributed by atoms with Crippen LogP contribution in [0.5, 0.6) is 5.75 Å². The molecule has 1 heterocycles. The summed E-state index contributed by atoms with van der Waals surface area (Å²) in [5.74, 6) is -2.68. The lowest BCUT2D eigenvalue weighted by atomic mass is 10.1. The maximum absolute atomic E-state index is 9.10. The molecular weight excluding hydrogens is 492 g/mol. The number of para-hydroxylation sites is 1. The number of nitrogens with zero attached hydrogens (tertiary/aromatic N) is 2. The fourth-order valence-electron chi connectivity index (χ4n) is 4.17. The van der Waals surface area contributed by atoms with E-state index in [4.69, 9.17) is 36.1 Å². The molecule has 0 amide bonds. The predicted molar refractivity (Wildman–Crippen MR) is 146 cm³/mol. The van der Waals surface area contributed by atoms with Gasteiger partial charge in [0.15, 0.2) is 0 Å². The first kappa shape index (κ1) is 28.0. The van der Waals surface area contributed by atoms with Crippen molar-refractivity contribution < 1.29 is 24.5 Å². The Balaban J connectivity index is 0.000000568. The highest BCUT2D eigenvalue weighted by molar-refractivity contribution is 6.30. The molecule has 0 radical (unpaired) electrons. The highest BCUT2D eigenvalue weighted by Crippen LogP contribution is 2.25. The van der Waals surface area contributed by atoms with Crippen LogP contribution in [0, 0.1) is 0 Å². The number of anilines is 1. The van der Waals surface area contributed by atoms with E-state index in [0.29, 0.717) is 6.61 Å². The minimum atomic E-state index is -1.82. The van der Waals surface area contributed by atoms with E-state index in [-0.39, 0.29) is 0 Å². The van der Waals surface area contributed by atoms with Gasteiger partial charge in [0.05, 0.1) is 6.61 Å². The molecule has 0 spiro atoms. The van der Waals surface area contributed by atoms with Crippen LogP contribution in [0.3, 0.4) is 0 Å². The molecule has 0 aliphatic carbocycles. The number of hydrogen-bond donors (Lipinski definition) is 2. The third-order valence-corrected chi connectivity index (χ3v) is 6.35. The second-order valence-electron chi connectivity index (χ2n) is 8.71. The number of benzene rings is 3. The quantitative estimate of drug-likeness (QED) is 0.386. The molecule has 2 N–H and O–H groups in total. The van der Waals surface area contributed by atoms with Crippen LogP contribution < -0.4 is 9.64 Å². The highest BCUT2D eigenvalue weighted by atomic mass is 35.5. The number of ether oxygens (including phenoxy) is 1. The molecule has 3 aromatic carbocycles. The van der Waals surface area contributed by atoms with E-state index in [1.165, 1.54) is 16.8 Å². The molecule has 196 valence electrons. The molecule has 0 unspecified atom stereocenters. The average molecular weight is 525 g/mol. The number of carbonyl (C=O) groups is 2. The first-order chi connectivity index (χ1) is 17.9. The van der Waals surface area contributed by atoms with Crippen LogP contribution in [0.4, 0.5) is 5.69 Å². The van der Waals surface area contributed by atoms with Crippen molar-refractivity contribution >= 4 is 29.2 Å². The van der Waals surface area contributed by atoms with Gasteiger partial charge in [0.1, 0.15) is 5.75 Å². The Labute approximate surface area is 222 Å². The third kappa shape index (κ3) is 9.79. The lowest BCUT2D eigenvalue weighted by Crippen LogP contribution is -2.46. The number of aliphatic carboxylic acids is 2. The smallest absolute Gasteiger partial charge is 0.414 e. The van der Waals surface area contributed by atoms with Gasteiger partial charge in [-0.3, -0.25) is 4.90 Å². The number of rotatable bonds is 9. The fourth-order valence-corrected chi connectivity index (χ4v) is 4.36. The minimum Gasteiger partial charge on any atom is -0.493 e. The van der Waals surface area contributed by atoms with Crippen molar-refractivity contribution in [2.45, 2.75) is 19.3 Å². The standard InChI is InChI=1S/C27H31ClN2O.C2H2O4/c28-25-13-14-27(31-21-15-23-8-3-1-4-9-23)24(22-25)10-7-16-29-17-19-30(20-18-29)26-11-5-2-6-12-26;3-1(4)2(5)6/h1-6,8-9,11-14,22H,7,10,15-21H2;(H,3,4)(H,5,6). The van der Waals surface area contributed by atoms with Gasteiger partial charge in [-0.1, -0.05) is 60.1 Å². The van der Waals surface area contributed by atoms with E-state index in [9.17, 15) is 0 Å². The van der Waals surface area contributed by atoms with Crippen molar-refractivity contribution in [3.05, 3.63) is 95.0 Å². The van der Waals surface area contributed by atoms with E-state index < -0.39 is 11.9 Å². The van der Waals surface area contributed by atoms with Gasteiger partial charge >= 0.3 is 11.9 Å². The summed E-state index contributed by atoms with van der Waals surface area (Å²) in [5.41, 5.74) is 3.84. The number of hydrogen-bond acceptors (Lipinski definition) is 5. The lowest BCUT2D eigenvalue weighted by Gasteiger charge is -2.36. The summed E-state index contributed by atoms with van der Waals surface area (Å²) in [7, 11) is 0. The van der Waals surface area contributed by atoms with Gasteiger partial charge in [-0.05, 0) is 60.8 Å². The number of piperazine rings is 1. The SMILES string of the molecule is Clc1ccc(OCCc2ccccc2)c(CCCN2CCN(c3ccccc3)CC2)c1.O=C(O)C(=O)O. The van der Waals surface area contributed by atoms with Gasteiger partial charge in [0.25, 0.3) is 0 Å². The van der Waals surface area contributed by atoms with Crippen LogP contribution in [0.15, 0.2) is 78.9 Å². The largest absolute Gasteiger partial charge is 0.493 e. The van der Waals surface area contributed by atoms with Crippen molar-refractivity contribution in [3.63, 3.8) is 0 Å². The summed E-state index contributed by atoms with van der Waals surface area (Å²) < 4.78 is 6.12. The minimum absolute atomic E-state index is 0.681. The van der Waals surface area contributed by atoms with Crippen molar-refractivity contribution in [1.29, 1.82) is 0 Å². The van der Waals surface area contributed by atoms with E-state index in [1.807, 2.05) is 18.2 Å². The number of carboxylic acids is 2. The molecule has 8 heteroatoms. The molecule has 1 aliphatic heterocycles. The Morgan fingerprint density at radius 2 is 1.43 bits per heavy atom. The third-order valence-electron chi connectivity index (χ3n) is 6.11. The first-order valence-corrected chi connectivity index (χ1v) is 12.7. The van der Waals surface area contributed by atoms with Crippen molar-refractivity contribution in [3.8, 4) is 5.75 Å². The van der Waals surface area contributed by atoms with Crippen LogP contribution in [-0.4, -0.2) is 66.4 Å². The molecule has 1 aliphatic rings. The van der Waals surface area contributed by atoms with Crippen molar-refractivity contribution in [2.24, 2.45) is 0 Å². The molecule has 37 heavy (non-hydrogen) atoms. The maximum atomic E-state index is 9.10. The number of aryl methyl sites for hydroxylation is 1. The predicted octanol–water partition coefficient (Wildman–Crippen LogP) is 4.87. The van der Waals surface area contributed by atoms with E-state index in [1.54, 1.807) is 0 Å². The molecule has 4 rings (SSSR count). The number of carboxylic acid groups (broad SMARTS) is 2. The molecule has 0 saturated carbocycles. The number of halogens is 1. The van der Waals surface area contributed by atoms with Gasteiger partial charge in [-0.2, -0.15) is 0 Å². The summed E-state index contributed by atoms with van der Waals surface area (Å²) in [4.78, 5) is 23.2. The van der Waals surface area contributed by atoms with Crippen molar-refractivity contribution in [2.75, 3.05) is 44.2 Å². The Hall–Kier alpha value is -3.55. The Bertz CT molecular complexity index is 1110. The van der Waals surface area contributed by atoms with Crippen LogP contribution in [-0.2, 0) is 22.4 Å². The Kier molecular flexibility index (Phi) is 11.3. The van der Waals surface area contributed by atoms with Crippen LogP contribution in [0.25, 0.3) is 0 Å². The van der Waals surface area contributed by atoms with Gasteiger partial charge in [0, 0.05) is 43.3 Å². The normalized spacial score (nSPS) is 13.4. The topological polar surface area (TPSA) is 90.3 Å². The Morgan fingerprint density at radius 3 is 2.05 bits per heavy atom. The maximum Gasteiger partial charge on any atom is 0.414 e. The summed E-state index contributed by atoms with van der Waals surface area (Å²) in [6.07, 6.45) is 3.01. The van der Waals surface area contributed by atoms with Crippen LogP contribution in [0.1, 0.15) is 17.5 Å². The fraction of sp³-hybridized carbons (Fsp3) is 0.310. The van der Waals surface area contributed by atoms with E-state index in [0.717, 1.165) is 62.8 Å². The zero-order chi connectivity index (χ0) is 26.5. The van der Waals surface area contributed by atoms with E-state index >= 15 is 0 Å². The van der Waals surface area contributed by atoms with Gasteiger partial charge < -0.3 is 19.8 Å². The summed E-state index contributed by atoms with van der Waals surface area (Å²) in [5, 5.41) is 15.6. The molecule has 3 aromatic rings. The summed E-state index contributed by atoms with van der Waals surface area (Å²) in [6, 6.07) is 27.2. The van der Waals surface area contributed by atoms with Crippen LogP contribution >= 0.6 is 11.6 Å². The van der Waals surface area contributed by atoms with Crippen LogP contribution in [0.2, 0.25) is 5.02 Å². The molecule has 0 aromatic heterocycles. The second kappa shape index (κ2) is 14.9. The van der Waals surface area contributed by atoms with Gasteiger partial charge in [-0.25, -0.2) is 9.59 Å². The zero-order valence-electron chi connectivity index (χ0n) is 20.8. The Morgan fingerprint density at radius 1 is 0.811 bits per heavy atom.